The van der Waals surface area contributed by atoms with E-state index in [0.29, 0.717) is 0 Å². The Labute approximate surface area is 42.7 Å². The Morgan fingerprint density at radius 3 is 2.86 bits per heavy atom. The second-order valence-corrected chi connectivity index (χ2v) is 1.43. The van der Waals surface area contributed by atoms with E-state index in [0.717, 1.165) is 19.6 Å². The molecule has 7 heavy (non-hydrogen) atoms. The van der Waals surface area contributed by atoms with Gasteiger partial charge in [0.2, 0.25) is 0 Å². The van der Waals surface area contributed by atoms with E-state index in [1.807, 2.05) is 0 Å². The molecule has 0 aromatic rings. The van der Waals surface area contributed by atoms with Crippen molar-refractivity contribution in [2.75, 3.05) is 20.3 Å². The molecule has 0 spiro atoms. The summed E-state index contributed by atoms with van der Waals surface area (Å²) in [5.41, 5.74) is 0. The molecule has 0 radical (unpaired) electrons. The highest BCUT2D eigenvalue weighted by Crippen LogP contribution is 2.01. The van der Waals surface area contributed by atoms with Crippen LogP contribution in [0.15, 0.2) is 0 Å². The van der Waals surface area contributed by atoms with Gasteiger partial charge in [-0.15, -0.1) is 0 Å². The van der Waals surface area contributed by atoms with Crippen molar-refractivity contribution in [1.29, 1.82) is 0 Å². The molecule has 1 rings (SSSR count). The van der Waals surface area contributed by atoms with Crippen LogP contribution in [0.3, 0.4) is 0 Å². The van der Waals surface area contributed by atoms with Crippen LogP contribution in [0.25, 0.3) is 0 Å². The molecule has 0 saturated carbocycles. The van der Waals surface area contributed by atoms with Crippen LogP contribution in [-0.4, -0.2) is 25.5 Å². The fraction of sp³-hybridized carbons (Fsp3) is 1.00. The molecule has 0 aromatic carbocycles. The number of hydrogen-bond donors (Lipinski definition) is 0. The van der Waals surface area contributed by atoms with Crippen molar-refractivity contribution in [2.24, 2.45) is 0 Å². The first-order chi connectivity index (χ1) is 3.43. The molecule has 1 aliphatic heterocycles. The third-order valence-electron chi connectivity index (χ3n) is 0.924. The molecule has 1 aliphatic rings. The van der Waals surface area contributed by atoms with E-state index in [1.165, 1.54) is 5.23 Å². The third-order valence-corrected chi connectivity index (χ3v) is 0.924. The molecule has 0 atom stereocenters. The summed E-state index contributed by atoms with van der Waals surface area (Å²) >= 11 is 0. The standard InChI is InChI=1S/C4H9NO2/c1-6-5-3-2-4-7-5/h2-4H2,1H3. The van der Waals surface area contributed by atoms with Crippen LogP contribution >= 0.6 is 0 Å². The Morgan fingerprint density at radius 1 is 1.71 bits per heavy atom. The Hall–Kier alpha value is -0.120. The molecule has 1 saturated heterocycles. The smallest absolute Gasteiger partial charge is 0.0725 e. The van der Waals surface area contributed by atoms with Gasteiger partial charge in [0.15, 0.2) is 0 Å². The van der Waals surface area contributed by atoms with Crippen LogP contribution in [0.1, 0.15) is 6.42 Å². The maximum Gasteiger partial charge on any atom is 0.0725 e. The molecule has 3 heteroatoms. The number of hydrogen-bond acceptors (Lipinski definition) is 3. The second kappa shape index (κ2) is 2.26. The Morgan fingerprint density at radius 2 is 2.57 bits per heavy atom. The summed E-state index contributed by atoms with van der Waals surface area (Å²) in [7, 11) is 1.60. The molecule has 3 nitrogen and oxygen atoms in total. The molecule has 0 aliphatic carbocycles. The molecular formula is C4H9NO2. The van der Waals surface area contributed by atoms with Crippen molar-refractivity contribution in [1.82, 2.24) is 5.23 Å². The molecule has 0 N–H and O–H groups in total. The van der Waals surface area contributed by atoms with Gasteiger partial charge in [-0.2, -0.15) is 0 Å². The Balaban J connectivity index is 2.14. The van der Waals surface area contributed by atoms with Crippen molar-refractivity contribution in [3.63, 3.8) is 0 Å². The fourth-order valence-corrected chi connectivity index (χ4v) is 0.569. The SMILES string of the molecule is CON1CCCO1. The lowest BCUT2D eigenvalue weighted by molar-refractivity contribution is -0.326. The first kappa shape index (κ1) is 5.03. The molecule has 1 fully saturated rings. The van der Waals surface area contributed by atoms with Crippen molar-refractivity contribution < 1.29 is 9.68 Å². The summed E-state index contributed by atoms with van der Waals surface area (Å²) in [6, 6.07) is 0. The topological polar surface area (TPSA) is 21.7 Å². The van der Waals surface area contributed by atoms with Gasteiger partial charge in [-0.05, 0) is 6.42 Å². The maximum absolute atomic E-state index is 4.91. The van der Waals surface area contributed by atoms with Crippen LogP contribution in [0.4, 0.5) is 0 Å². The number of hydroxylamine groups is 2. The van der Waals surface area contributed by atoms with Crippen LogP contribution in [0, 0.1) is 0 Å². The highest BCUT2D eigenvalue weighted by Gasteiger charge is 2.09. The van der Waals surface area contributed by atoms with E-state index in [2.05, 4.69) is 0 Å². The lowest BCUT2D eigenvalue weighted by Gasteiger charge is -2.07. The van der Waals surface area contributed by atoms with E-state index in [-0.39, 0.29) is 0 Å². The molecule has 42 valence electrons. The third kappa shape index (κ3) is 1.12. The fourth-order valence-electron chi connectivity index (χ4n) is 0.569. The zero-order valence-electron chi connectivity index (χ0n) is 4.39. The van der Waals surface area contributed by atoms with Gasteiger partial charge in [-0.25, -0.2) is 0 Å². The average Bonchev–Trinajstić information content (AvgIpc) is 2.14. The molecule has 1 heterocycles. The van der Waals surface area contributed by atoms with Crippen molar-refractivity contribution in [3.05, 3.63) is 0 Å². The largest absolute Gasteiger partial charge is 0.278 e. The Bertz CT molecular complexity index is 51.7. The van der Waals surface area contributed by atoms with Crippen molar-refractivity contribution in [2.45, 2.75) is 6.42 Å². The van der Waals surface area contributed by atoms with Gasteiger partial charge in [0, 0.05) is 0 Å². The van der Waals surface area contributed by atoms with E-state index in [4.69, 9.17) is 9.68 Å². The lowest BCUT2D eigenvalue weighted by Crippen LogP contribution is -2.14. The van der Waals surface area contributed by atoms with Gasteiger partial charge in [0.1, 0.15) is 0 Å². The average molecular weight is 103 g/mol. The summed E-state index contributed by atoms with van der Waals surface area (Å²) in [5, 5.41) is 1.49. The van der Waals surface area contributed by atoms with Crippen LogP contribution < -0.4 is 0 Å². The van der Waals surface area contributed by atoms with E-state index in [1.54, 1.807) is 7.11 Å². The monoisotopic (exact) mass is 103 g/mol. The number of nitrogens with zero attached hydrogens (tertiary/aromatic N) is 1. The molecule has 0 aromatic heterocycles. The zero-order chi connectivity index (χ0) is 5.11. The summed E-state index contributed by atoms with van der Waals surface area (Å²) < 4.78 is 0. The van der Waals surface area contributed by atoms with Crippen LogP contribution in [0.5, 0.6) is 0 Å². The van der Waals surface area contributed by atoms with E-state index >= 15 is 0 Å². The second-order valence-electron chi connectivity index (χ2n) is 1.43. The summed E-state index contributed by atoms with van der Waals surface area (Å²) in [5.74, 6) is 0. The molecule has 0 bridgehead atoms. The van der Waals surface area contributed by atoms with Gasteiger partial charge < -0.3 is 0 Å². The summed E-state index contributed by atoms with van der Waals surface area (Å²) in [6.07, 6.45) is 1.08. The van der Waals surface area contributed by atoms with Crippen molar-refractivity contribution in [3.8, 4) is 0 Å². The van der Waals surface area contributed by atoms with Gasteiger partial charge >= 0.3 is 0 Å². The minimum absolute atomic E-state index is 0.799. The van der Waals surface area contributed by atoms with Gasteiger partial charge in [0.25, 0.3) is 0 Å². The highest BCUT2D eigenvalue weighted by atomic mass is 16.9. The molecule has 0 unspecified atom stereocenters. The maximum atomic E-state index is 4.91. The van der Waals surface area contributed by atoms with Crippen molar-refractivity contribution >= 4 is 0 Å². The van der Waals surface area contributed by atoms with E-state index < -0.39 is 0 Å². The van der Waals surface area contributed by atoms with Gasteiger partial charge in [-0.3, -0.25) is 9.68 Å². The summed E-state index contributed by atoms with van der Waals surface area (Å²) in [4.78, 5) is 9.64. The number of rotatable bonds is 1. The van der Waals surface area contributed by atoms with E-state index in [9.17, 15) is 0 Å². The quantitative estimate of drug-likeness (QED) is 0.472. The molecule has 0 amide bonds. The van der Waals surface area contributed by atoms with Crippen LogP contribution in [0.2, 0.25) is 0 Å². The normalized spacial score (nSPS) is 23.6. The van der Waals surface area contributed by atoms with Crippen LogP contribution in [-0.2, 0) is 9.68 Å². The minimum atomic E-state index is 0.799. The predicted molar refractivity (Wildman–Crippen MR) is 24.3 cm³/mol. The first-order valence-corrected chi connectivity index (χ1v) is 2.38. The van der Waals surface area contributed by atoms with Gasteiger partial charge in [0.05, 0.1) is 20.3 Å². The van der Waals surface area contributed by atoms with Gasteiger partial charge in [-0.1, -0.05) is 5.23 Å². The summed E-state index contributed by atoms with van der Waals surface area (Å²) in [6.45, 7) is 1.70. The molecular weight excluding hydrogens is 94.0 g/mol. The predicted octanol–water partition coefficient (Wildman–Crippen LogP) is 0.185. The highest BCUT2D eigenvalue weighted by molar-refractivity contribution is 4.41. The Kier molecular flexibility index (Phi) is 1.62. The lowest BCUT2D eigenvalue weighted by atomic mass is 10.5. The minimum Gasteiger partial charge on any atom is -0.278 e. The first-order valence-electron chi connectivity index (χ1n) is 2.38. The zero-order valence-corrected chi connectivity index (χ0v) is 4.39.